The third kappa shape index (κ3) is 3.61. The number of rotatable bonds is 4. The van der Waals surface area contributed by atoms with Gasteiger partial charge in [-0.2, -0.15) is 5.26 Å². The molecule has 15 heavy (non-hydrogen) atoms. The lowest BCUT2D eigenvalue weighted by Gasteiger charge is -2.03. The smallest absolute Gasteiger partial charge is 0.320 e. The van der Waals surface area contributed by atoms with Gasteiger partial charge in [0.05, 0.1) is 6.07 Å². The van der Waals surface area contributed by atoms with Crippen molar-refractivity contribution in [3.8, 4) is 6.07 Å². The zero-order chi connectivity index (χ0) is 11.3. The van der Waals surface area contributed by atoms with E-state index in [2.05, 4.69) is 0 Å². The molecule has 0 aliphatic heterocycles. The van der Waals surface area contributed by atoms with Crippen LogP contribution in [-0.4, -0.2) is 11.1 Å². The van der Waals surface area contributed by atoms with Gasteiger partial charge >= 0.3 is 5.97 Å². The topological polar surface area (TPSA) is 61.1 Å². The van der Waals surface area contributed by atoms with E-state index in [4.69, 9.17) is 22.0 Å². The van der Waals surface area contributed by atoms with Gasteiger partial charge in [-0.1, -0.05) is 23.7 Å². The van der Waals surface area contributed by atoms with Crippen LogP contribution in [0.5, 0.6) is 0 Å². The number of benzene rings is 1. The number of hydrogen-bond acceptors (Lipinski definition) is 2. The Morgan fingerprint density at radius 1 is 1.47 bits per heavy atom. The summed E-state index contributed by atoms with van der Waals surface area (Å²) >= 11 is 5.71. The summed E-state index contributed by atoms with van der Waals surface area (Å²) in [6, 6.07) is 8.92. The highest BCUT2D eigenvalue weighted by Gasteiger charge is 2.15. The predicted molar refractivity (Wildman–Crippen MR) is 56.5 cm³/mol. The van der Waals surface area contributed by atoms with Crippen LogP contribution in [0.2, 0.25) is 5.02 Å². The number of aliphatic carboxylic acids is 1. The minimum Gasteiger partial charge on any atom is -0.480 e. The van der Waals surface area contributed by atoms with Crippen LogP contribution < -0.4 is 0 Å². The highest BCUT2D eigenvalue weighted by Crippen LogP contribution is 2.13. The molecule has 0 aliphatic rings. The molecule has 78 valence electrons. The third-order valence-corrected chi connectivity index (χ3v) is 2.34. The molecule has 4 heteroatoms. The molecule has 0 aliphatic carbocycles. The maximum atomic E-state index is 10.6. The molecule has 1 N–H and O–H groups in total. The number of nitriles is 1. The van der Waals surface area contributed by atoms with E-state index in [1.54, 1.807) is 18.2 Å². The number of aryl methyl sites for hydroxylation is 1. The van der Waals surface area contributed by atoms with Crippen LogP contribution in [0, 0.1) is 17.2 Å². The second-order valence-electron chi connectivity index (χ2n) is 3.19. The summed E-state index contributed by atoms with van der Waals surface area (Å²) < 4.78 is 0. The third-order valence-electron chi connectivity index (χ3n) is 2.09. The SMILES string of the molecule is N#CC(CCc1ccc(Cl)cc1)C(=O)O. The molecule has 0 fully saturated rings. The van der Waals surface area contributed by atoms with E-state index in [0.29, 0.717) is 17.9 Å². The molecule has 0 radical (unpaired) electrons. The normalized spacial score (nSPS) is 11.7. The summed E-state index contributed by atoms with van der Waals surface area (Å²) in [5.74, 6) is -1.99. The summed E-state index contributed by atoms with van der Waals surface area (Å²) in [6.45, 7) is 0. The molecule has 1 aromatic carbocycles. The van der Waals surface area contributed by atoms with Crippen LogP contribution in [0.15, 0.2) is 24.3 Å². The Kier molecular flexibility index (Phi) is 4.14. The van der Waals surface area contributed by atoms with Crippen molar-refractivity contribution >= 4 is 17.6 Å². The average molecular weight is 224 g/mol. The van der Waals surface area contributed by atoms with E-state index < -0.39 is 11.9 Å². The van der Waals surface area contributed by atoms with Gasteiger partial charge in [-0.05, 0) is 30.5 Å². The molecular formula is C11H10ClNO2. The van der Waals surface area contributed by atoms with Crippen molar-refractivity contribution < 1.29 is 9.90 Å². The van der Waals surface area contributed by atoms with Crippen molar-refractivity contribution in [2.24, 2.45) is 5.92 Å². The zero-order valence-electron chi connectivity index (χ0n) is 7.98. The second-order valence-corrected chi connectivity index (χ2v) is 3.62. The summed E-state index contributed by atoms with van der Waals surface area (Å²) in [5.41, 5.74) is 0.987. The maximum Gasteiger partial charge on any atom is 0.320 e. The Labute approximate surface area is 92.9 Å². The molecule has 0 bridgehead atoms. The first-order valence-electron chi connectivity index (χ1n) is 4.50. The van der Waals surface area contributed by atoms with Gasteiger partial charge in [0.1, 0.15) is 5.92 Å². The summed E-state index contributed by atoms with van der Waals surface area (Å²) in [7, 11) is 0. The quantitative estimate of drug-likeness (QED) is 0.853. The monoisotopic (exact) mass is 223 g/mol. The van der Waals surface area contributed by atoms with E-state index >= 15 is 0 Å². The van der Waals surface area contributed by atoms with Crippen molar-refractivity contribution in [3.63, 3.8) is 0 Å². The van der Waals surface area contributed by atoms with Crippen molar-refractivity contribution in [3.05, 3.63) is 34.9 Å². The highest BCUT2D eigenvalue weighted by molar-refractivity contribution is 6.30. The largest absolute Gasteiger partial charge is 0.480 e. The lowest BCUT2D eigenvalue weighted by Crippen LogP contribution is -2.12. The Morgan fingerprint density at radius 2 is 2.07 bits per heavy atom. The Hall–Kier alpha value is -1.53. The molecule has 0 aromatic heterocycles. The van der Waals surface area contributed by atoms with Crippen LogP contribution in [0.25, 0.3) is 0 Å². The Bertz CT molecular complexity index is 381. The molecule has 1 rings (SSSR count). The van der Waals surface area contributed by atoms with Crippen molar-refractivity contribution in [2.45, 2.75) is 12.8 Å². The van der Waals surface area contributed by atoms with E-state index in [0.717, 1.165) is 5.56 Å². The maximum absolute atomic E-state index is 10.6. The fourth-order valence-corrected chi connectivity index (χ4v) is 1.33. The van der Waals surface area contributed by atoms with Crippen molar-refractivity contribution in [1.29, 1.82) is 5.26 Å². The fraction of sp³-hybridized carbons (Fsp3) is 0.273. The predicted octanol–water partition coefficient (Wildman–Crippen LogP) is 2.50. The molecule has 0 spiro atoms. The molecule has 1 aromatic rings. The van der Waals surface area contributed by atoms with E-state index in [9.17, 15) is 4.79 Å². The number of carboxylic acids is 1. The lowest BCUT2D eigenvalue weighted by molar-refractivity contribution is -0.139. The number of carboxylic acid groups (broad SMARTS) is 1. The number of halogens is 1. The second kappa shape index (κ2) is 5.38. The van der Waals surface area contributed by atoms with Gasteiger partial charge in [0.15, 0.2) is 0 Å². The highest BCUT2D eigenvalue weighted by atomic mass is 35.5. The number of carbonyl (C=O) groups is 1. The summed E-state index contributed by atoms with van der Waals surface area (Å²) in [4.78, 5) is 10.6. The van der Waals surface area contributed by atoms with Gasteiger partial charge in [-0.3, -0.25) is 4.79 Å². The van der Waals surface area contributed by atoms with Gasteiger partial charge in [0.2, 0.25) is 0 Å². The van der Waals surface area contributed by atoms with Crippen LogP contribution >= 0.6 is 11.6 Å². The van der Waals surface area contributed by atoms with Gasteiger partial charge in [-0.15, -0.1) is 0 Å². The van der Waals surface area contributed by atoms with E-state index in [1.165, 1.54) is 0 Å². The number of hydrogen-bond donors (Lipinski definition) is 1. The summed E-state index contributed by atoms with van der Waals surface area (Å²) in [5, 5.41) is 17.9. The average Bonchev–Trinajstić information content (AvgIpc) is 2.21. The van der Waals surface area contributed by atoms with Crippen molar-refractivity contribution in [2.75, 3.05) is 0 Å². The first kappa shape index (κ1) is 11.5. The van der Waals surface area contributed by atoms with Crippen LogP contribution in [0.4, 0.5) is 0 Å². The minimum atomic E-state index is -1.06. The van der Waals surface area contributed by atoms with Crippen LogP contribution in [-0.2, 0) is 11.2 Å². The van der Waals surface area contributed by atoms with Gasteiger partial charge in [0.25, 0.3) is 0 Å². The fourth-order valence-electron chi connectivity index (χ4n) is 1.21. The van der Waals surface area contributed by atoms with Gasteiger partial charge in [0, 0.05) is 5.02 Å². The Morgan fingerprint density at radius 3 is 2.53 bits per heavy atom. The van der Waals surface area contributed by atoms with Crippen LogP contribution in [0.1, 0.15) is 12.0 Å². The van der Waals surface area contributed by atoms with E-state index in [-0.39, 0.29) is 0 Å². The van der Waals surface area contributed by atoms with E-state index in [1.807, 2.05) is 12.1 Å². The molecule has 1 unspecified atom stereocenters. The Balaban J connectivity index is 2.54. The molecular weight excluding hydrogens is 214 g/mol. The molecule has 0 amide bonds. The first-order valence-corrected chi connectivity index (χ1v) is 4.88. The molecule has 0 saturated heterocycles. The van der Waals surface area contributed by atoms with Gasteiger partial charge in [-0.25, -0.2) is 0 Å². The standard InChI is InChI=1S/C11H10ClNO2/c12-10-5-2-8(3-6-10)1-4-9(7-13)11(14)15/h2-3,5-6,9H,1,4H2,(H,14,15). The zero-order valence-corrected chi connectivity index (χ0v) is 8.74. The van der Waals surface area contributed by atoms with Crippen molar-refractivity contribution in [1.82, 2.24) is 0 Å². The lowest BCUT2D eigenvalue weighted by atomic mass is 10.0. The van der Waals surface area contributed by atoms with Crippen LogP contribution in [0.3, 0.4) is 0 Å². The molecule has 0 saturated carbocycles. The summed E-state index contributed by atoms with van der Waals surface area (Å²) in [6.07, 6.45) is 0.898. The number of nitrogens with zero attached hydrogens (tertiary/aromatic N) is 1. The first-order chi connectivity index (χ1) is 7.13. The minimum absolute atomic E-state index is 0.327. The van der Waals surface area contributed by atoms with Gasteiger partial charge < -0.3 is 5.11 Å². The molecule has 3 nitrogen and oxygen atoms in total. The molecule has 1 atom stereocenters. The molecule has 0 heterocycles.